The van der Waals surface area contributed by atoms with Crippen LogP contribution in [0.2, 0.25) is 0 Å². The van der Waals surface area contributed by atoms with E-state index in [0.717, 1.165) is 6.54 Å². The summed E-state index contributed by atoms with van der Waals surface area (Å²) >= 11 is 0. The summed E-state index contributed by atoms with van der Waals surface area (Å²) in [5.41, 5.74) is 5.21. The molecule has 1 heterocycles. The van der Waals surface area contributed by atoms with Crippen molar-refractivity contribution in [2.75, 3.05) is 0 Å². The molecule has 0 saturated heterocycles. The number of rotatable bonds is 2. The van der Waals surface area contributed by atoms with Crippen LogP contribution in [0.25, 0.3) is 65.3 Å². The Morgan fingerprint density at radius 1 is 0.548 bits per heavy atom. The lowest BCUT2D eigenvalue weighted by Gasteiger charge is -2.14. The molecule has 6 aromatic carbocycles. The lowest BCUT2D eigenvalue weighted by atomic mass is 9.90. The Balaban J connectivity index is 1.58. The van der Waals surface area contributed by atoms with Crippen LogP contribution in [0, 0.1) is 0 Å². The van der Waals surface area contributed by atoms with Crippen LogP contribution in [0.3, 0.4) is 0 Å². The van der Waals surface area contributed by atoms with Gasteiger partial charge in [0, 0.05) is 28.4 Å². The van der Waals surface area contributed by atoms with Gasteiger partial charge in [-0.1, -0.05) is 84.9 Å². The zero-order chi connectivity index (χ0) is 20.5. The third kappa shape index (κ3) is 2.21. The van der Waals surface area contributed by atoms with E-state index in [1.54, 1.807) is 0 Å². The molecule has 31 heavy (non-hydrogen) atoms. The fraction of sp³-hybridized carbons (Fsp3) is 0.0667. The Hall–Kier alpha value is -3.84. The minimum Gasteiger partial charge on any atom is -0.341 e. The molecule has 1 heteroatoms. The SMILES string of the molecule is CCn1c2ccccc2c2ccc(-c3ccc4ccc5cccc6ccc3c4c56)cc21. The molecular formula is C30H21N. The molecule has 0 radical (unpaired) electrons. The third-order valence-corrected chi connectivity index (χ3v) is 6.93. The summed E-state index contributed by atoms with van der Waals surface area (Å²) in [7, 11) is 0. The van der Waals surface area contributed by atoms with Crippen LogP contribution in [0.5, 0.6) is 0 Å². The fourth-order valence-electron chi connectivity index (χ4n) is 5.54. The van der Waals surface area contributed by atoms with Crippen molar-refractivity contribution < 1.29 is 0 Å². The maximum Gasteiger partial charge on any atom is 0.0497 e. The van der Waals surface area contributed by atoms with E-state index in [9.17, 15) is 0 Å². The number of benzene rings is 6. The van der Waals surface area contributed by atoms with E-state index >= 15 is 0 Å². The predicted octanol–water partition coefficient (Wildman–Crippen LogP) is 8.38. The molecule has 146 valence electrons. The number of hydrogen-bond donors (Lipinski definition) is 0. The van der Waals surface area contributed by atoms with Crippen LogP contribution in [0.1, 0.15) is 6.92 Å². The summed E-state index contributed by atoms with van der Waals surface area (Å²) in [6, 6.07) is 36.0. The molecule has 0 N–H and O–H groups in total. The Kier molecular flexibility index (Phi) is 3.32. The second-order valence-electron chi connectivity index (χ2n) is 8.46. The van der Waals surface area contributed by atoms with Crippen molar-refractivity contribution in [1.29, 1.82) is 0 Å². The molecule has 7 aromatic rings. The smallest absolute Gasteiger partial charge is 0.0497 e. The van der Waals surface area contributed by atoms with Crippen LogP contribution < -0.4 is 0 Å². The summed E-state index contributed by atoms with van der Waals surface area (Å²) in [6.07, 6.45) is 0. The normalized spacial score (nSPS) is 12.2. The first-order chi connectivity index (χ1) is 15.3. The van der Waals surface area contributed by atoms with Crippen molar-refractivity contribution >= 4 is 54.1 Å². The molecule has 0 saturated carbocycles. The second kappa shape index (κ2) is 6.09. The largest absolute Gasteiger partial charge is 0.341 e. The number of aryl methyl sites for hydroxylation is 1. The van der Waals surface area contributed by atoms with Crippen LogP contribution in [0.4, 0.5) is 0 Å². The first-order valence-corrected chi connectivity index (χ1v) is 11.0. The van der Waals surface area contributed by atoms with Gasteiger partial charge in [0.05, 0.1) is 0 Å². The van der Waals surface area contributed by atoms with Crippen LogP contribution in [-0.2, 0) is 6.54 Å². The molecule has 0 bridgehead atoms. The average Bonchev–Trinajstić information content (AvgIpc) is 3.15. The van der Waals surface area contributed by atoms with Gasteiger partial charge >= 0.3 is 0 Å². The molecule has 1 aromatic heterocycles. The van der Waals surface area contributed by atoms with Crippen LogP contribution in [-0.4, -0.2) is 4.57 Å². The highest BCUT2D eigenvalue weighted by molar-refractivity contribution is 6.25. The molecule has 0 aliphatic rings. The summed E-state index contributed by atoms with van der Waals surface area (Å²) in [5.74, 6) is 0. The average molecular weight is 396 g/mol. The topological polar surface area (TPSA) is 4.93 Å². The summed E-state index contributed by atoms with van der Waals surface area (Å²) in [5, 5.41) is 10.7. The van der Waals surface area contributed by atoms with E-state index in [0.29, 0.717) is 0 Å². The Morgan fingerprint density at radius 2 is 1.23 bits per heavy atom. The van der Waals surface area contributed by atoms with E-state index in [4.69, 9.17) is 0 Å². The zero-order valence-corrected chi connectivity index (χ0v) is 17.4. The quantitative estimate of drug-likeness (QED) is 0.259. The van der Waals surface area contributed by atoms with E-state index in [-0.39, 0.29) is 0 Å². The van der Waals surface area contributed by atoms with Crippen molar-refractivity contribution in [3.63, 3.8) is 0 Å². The first kappa shape index (κ1) is 16.9. The standard InChI is InChI=1S/C30H21N/c1-2-31-27-9-4-3-8-24(27)25-16-14-22(18-28(25)31)23-15-12-21-11-10-19-6-5-7-20-13-17-26(23)30(21)29(19)20/h3-18H,2H2,1H3. The molecule has 1 nitrogen and oxygen atoms in total. The van der Waals surface area contributed by atoms with Crippen molar-refractivity contribution in [3.8, 4) is 11.1 Å². The van der Waals surface area contributed by atoms with Crippen molar-refractivity contribution in [3.05, 3.63) is 97.1 Å². The molecule has 0 unspecified atom stereocenters. The van der Waals surface area contributed by atoms with Gasteiger partial charge in [0.25, 0.3) is 0 Å². The molecular weight excluding hydrogens is 374 g/mol. The van der Waals surface area contributed by atoms with Crippen molar-refractivity contribution in [1.82, 2.24) is 4.57 Å². The van der Waals surface area contributed by atoms with Crippen molar-refractivity contribution in [2.24, 2.45) is 0 Å². The minimum absolute atomic E-state index is 0.964. The first-order valence-electron chi connectivity index (χ1n) is 11.0. The minimum atomic E-state index is 0.964. The molecule has 0 spiro atoms. The second-order valence-corrected chi connectivity index (χ2v) is 8.46. The number of para-hydroxylation sites is 1. The Bertz CT molecular complexity index is 1750. The van der Waals surface area contributed by atoms with Crippen molar-refractivity contribution in [2.45, 2.75) is 13.5 Å². The number of nitrogens with zero attached hydrogens (tertiary/aromatic N) is 1. The highest BCUT2D eigenvalue weighted by atomic mass is 15.0. The van der Waals surface area contributed by atoms with Crippen LogP contribution in [0.15, 0.2) is 97.1 Å². The number of hydrogen-bond acceptors (Lipinski definition) is 0. The molecule has 0 aliphatic carbocycles. The lowest BCUT2D eigenvalue weighted by Crippen LogP contribution is -1.93. The van der Waals surface area contributed by atoms with E-state index < -0.39 is 0 Å². The van der Waals surface area contributed by atoms with E-state index in [2.05, 4.69) is 109 Å². The van der Waals surface area contributed by atoms with Gasteiger partial charge in [-0.3, -0.25) is 0 Å². The summed E-state index contributed by atoms with van der Waals surface area (Å²) < 4.78 is 2.43. The number of fused-ring (bicyclic) bond motifs is 3. The molecule has 0 atom stereocenters. The molecule has 7 rings (SSSR count). The van der Waals surface area contributed by atoms with Gasteiger partial charge in [-0.15, -0.1) is 0 Å². The molecule has 0 amide bonds. The number of aromatic nitrogens is 1. The van der Waals surface area contributed by atoms with Gasteiger partial charge < -0.3 is 4.57 Å². The Morgan fingerprint density at radius 3 is 2.06 bits per heavy atom. The van der Waals surface area contributed by atoms with Gasteiger partial charge in [-0.2, -0.15) is 0 Å². The highest BCUT2D eigenvalue weighted by Crippen LogP contribution is 2.40. The van der Waals surface area contributed by atoms with E-state index in [1.807, 2.05) is 0 Å². The highest BCUT2D eigenvalue weighted by Gasteiger charge is 2.14. The van der Waals surface area contributed by atoms with Gasteiger partial charge in [-0.25, -0.2) is 0 Å². The maximum atomic E-state index is 2.43. The van der Waals surface area contributed by atoms with Gasteiger partial charge in [0.1, 0.15) is 0 Å². The fourth-order valence-corrected chi connectivity index (χ4v) is 5.54. The molecule has 0 fully saturated rings. The monoisotopic (exact) mass is 395 g/mol. The van der Waals surface area contributed by atoms with Crippen LogP contribution >= 0.6 is 0 Å². The summed E-state index contributed by atoms with van der Waals surface area (Å²) in [6.45, 7) is 3.20. The van der Waals surface area contributed by atoms with Gasteiger partial charge in [-0.05, 0) is 62.5 Å². The maximum absolute atomic E-state index is 2.43. The third-order valence-electron chi connectivity index (χ3n) is 6.93. The van der Waals surface area contributed by atoms with Gasteiger partial charge in [0.2, 0.25) is 0 Å². The summed E-state index contributed by atoms with van der Waals surface area (Å²) in [4.78, 5) is 0. The Labute approximate surface area is 180 Å². The predicted molar refractivity (Wildman–Crippen MR) is 134 cm³/mol. The van der Waals surface area contributed by atoms with E-state index in [1.165, 1.54) is 65.3 Å². The lowest BCUT2D eigenvalue weighted by molar-refractivity contribution is 0.827. The molecule has 0 aliphatic heterocycles. The zero-order valence-electron chi connectivity index (χ0n) is 17.4. The van der Waals surface area contributed by atoms with Gasteiger partial charge in [0.15, 0.2) is 0 Å².